The predicted octanol–water partition coefficient (Wildman–Crippen LogP) is 1.30. The Morgan fingerprint density at radius 2 is 2.00 bits per heavy atom. The van der Waals surface area contributed by atoms with Crippen molar-refractivity contribution in [3.05, 3.63) is 72.9 Å². The van der Waals surface area contributed by atoms with Gasteiger partial charge in [-0.3, -0.25) is 18.5 Å². The highest BCUT2D eigenvalue weighted by Gasteiger charge is 2.49. The molecule has 2 aromatic rings. The van der Waals surface area contributed by atoms with E-state index in [4.69, 9.17) is 9.71 Å². The van der Waals surface area contributed by atoms with Gasteiger partial charge in [0.05, 0.1) is 23.6 Å². The number of nitrogens with one attached hydrogen (secondary N) is 1. The standard InChI is InChI=1S/C18H21N5O6S/c1-11-3-5-13(6-4-11)30(27,28)29-10-18(21-22-19)8-7-14(15(18)24)23-9-12(2)16(25)20-17(23)26/h3-6,9,14-15,24H,7-8,10H2,1-2H3,(H,20,25,26)/t14-,15-,18+/m0/s1. The van der Waals surface area contributed by atoms with Crippen LogP contribution in [-0.4, -0.2) is 41.3 Å². The number of aliphatic hydroxyl groups excluding tert-OH is 1. The maximum Gasteiger partial charge on any atom is 0.328 e. The molecule has 12 heteroatoms. The lowest BCUT2D eigenvalue weighted by Gasteiger charge is -2.29. The van der Waals surface area contributed by atoms with Gasteiger partial charge in [0, 0.05) is 16.7 Å². The van der Waals surface area contributed by atoms with Crippen LogP contribution in [0.3, 0.4) is 0 Å². The number of nitrogens with zero attached hydrogens (tertiary/aromatic N) is 4. The van der Waals surface area contributed by atoms with Gasteiger partial charge in [-0.05, 0) is 44.4 Å². The minimum absolute atomic E-state index is 0.0688. The molecule has 1 aliphatic rings. The second-order valence-electron chi connectivity index (χ2n) is 7.35. The Balaban J connectivity index is 1.89. The van der Waals surface area contributed by atoms with E-state index < -0.39 is 45.7 Å². The zero-order valence-corrected chi connectivity index (χ0v) is 17.2. The molecule has 1 aromatic heterocycles. The maximum absolute atomic E-state index is 12.5. The first kappa shape index (κ1) is 21.8. The van der Waals surface area contributed by atoms with E-state index in [0.717, 1.165) is 10.1 Å². The molecule has 3 rings (SSSR count). The average molecular weight is 435 g/mol. The average Bonchev–Trinajstić information content (AvgIpc) is 3.00. The first-order chi connectivity index (χ1) is 14.1. The molecule has 1 aromatic carbocycles. The van der Waals surface area contributed by atoms with Crippen LogP contribution >= 0.6 is 0 Å². The van der Waals surface area contributed by atoms with Crippen molar-refractivity contribution in [3.63, 3.8) is 0 Å². The van der Waals surface area contributed by atoms with E-state index in [1.165, 1.54) is 25.3 Å². The van der Waals surface area contributed by atoms with Crippen molar-refractivity contribution in [2.45, 2.75) is 49.3 Å². The van der Waals surface area contributed by atoms with Gasteiger partial charge in [0.25, 0.3) is 15.7 Å². The zero-order chi connectivity index (χ0) is 22.1. The fraction of sp³-hybridized carbons (Fsp3) is 0.444. The van der Waals surface area contributed by atoms with E-state index in [9.17, 15) is 23.1 Å². The third-order valence-corrected chi connectivity index (χ3v) is 6.59. The smallest absolute Gasteiger partial charge is 0.328 e. The number of aliphatic hydroxyl groups is 1. The first-order valence-corrected chi connectivity index (χ1v) is 10.5. The van der Waals surface area contributed by atoms with Gasteiger partial charge in [-0.1, -0.05) is 22.8 Å². The molecule has 1 aliphatic carbocycles. The van der Waals surface area contributed by atoms with Gasteiger partial charge in [0.15, 0.2) is 0 Å². The van der Waals surface area contributed by atoms with Crippen LogP contribution in [0, 0.1) is 13.8 Å². The fourth-order valence-electron chi connectivity index (χ4n) is 3.52. The molecule has 0 bridgehead atoms. The van der Waals surface area contributed by atoms with E-state index in [1.54, 1.807) is 12.1 Å². The Bertz CT molecular complexity index is 1210. The summed E-state index contributed by atoms with van der Waals surface area (Å²) in [5.74, 6) is 0. The third kappa shape index (κ3) is 4.03. The number of rotatable bonds is 6. The molecule has 1 saturated carbocycles. The van der Waals surface area contributed by atoms with Gasteiger partial charge in [-0.15, -0.1) is 0 Å². The van der Waals surface area contributed by atoms with Crippen LogP contribution in [0.1, 0.15) is 30.0 Å². The molecular weight excluding hydrogens is 414 g/mol. The minimum atomic E-state index is -4.16. The normalized spacial score (nSPS) is 23.8. The Morgan fingerprint density at radius 3 is 2.63 bits per heavy atom. The maximum atomic E-state index is 12.5. The topological polar surface area (TPSA) is 167 Å². The highest BCUT2D eigenvalue weighted by Crippen LogP contribution is 2.41. The van der Waals surface area contributed by atoms with Crippen molar-refractivity contribution in [2.75, 3.05) is 6.61 Å². The van der Waals surface area contributed by atoms with E-state index in [-0.39, 0.29) is 23.3 Å². The summed E-state index contributed by atoms with van der Waals surface area (Å²) in [6, 6.07) is 5.18. The largest absolute Gasteiger partial charge is 0.390 e. The summed E-state index contributed by atoms with van der Waals surface area (Å²) < 4.78 is 31.3. The summed E-state index contributed by atoms with van der Waals surface area (Å²) in [7, 11) is -4.16. The molecule has 3 atom stereocenters. The molecule has 11 nitrogen and oxygen atoms in total. The number of azide groups is 1. The molecule has 0 spiro atoms. The van der Waals surface area contributed by atoms with Gasteiger partial charge in [-0.25, -0.2) is 4.79 Å². The molecule has 1 heterocycles. The van der Waals surface area contributed by atoms with Gasteiger partial charge in [-0.2, -0.15) is 8.42 Å². The molecule has 1 fully saturated rings. The number of aryl methyl sites for hydroxylation is 2. The Labute approximate surface area is 171 Å². The highest BCUT2D eigenvalue weighted by atomic mass is 32.2. The number of hydrogen-bond acceptors (Lipinski definition) is 7. The summed E-state index contributed by atoms with van der Waals surface area (Å²) in [5, 5.41) is 14.5. The zero-order valence-electron chi connectivity index (χ0n) is 16.3. The SMILES string of the molecule is Cc1ccc(S(=O)(=O)OC[C@]2(N=[N+]=[N-])CC[C@H](n3cc(C)c(=O)[nH]c3=O)[C@@H]2O)cc1. The van der Waals surface area contributed by atoms with Crippen LogP contribution in [0.4, 0.5) is 0 Å². The minimum Gasteiger partial charge on any atom is -0.390 e. The van der Waals surface area contributed by atoms with Crippen LogP contribution in [0.2, 0.25) is 0 Å². The molecule has 160 valence electrons. The number of benzene rings is 1. The van der Waals surface area contributed by atoms with E-state index >= 15 is 0 Å². The first-order valence-electron chi connectivity index (χ1n) is 9.12. The predicted molar refractivity (Wildman–Crippen MR) is 107 cm³/mol. The van der Waals surface area contributed by atoms with Crippen molar-refractivity contribution in [1.29, 1.82) is 0 Å². The van der Waals surface area contributed by atoms with Crippen molar-refractivity contribution < 1.29 is 17.7 Å². The summed E-state index contributed by atoms with van der Waals surface area (Å²) in [4.78, 5) is 28.6. The van der Waals surface area contributed by atoms with Crippen LogP contribution in [0.5, 0.6) is 0 Å². The molecule has 0 unspecified atom stereocenters. The third-order valence-electron chi connectivity index (χ3n) is 5.31. The van der Waals surface area contributed by atoms with Crippen LogP contribution < -0.4 is 11.2 Å². The quantitative estimate of drug-likeness (QED) is 0.300. The van der Waals surface area contributed by atoms with Gasteiger partial charge < -0.3 is 5.11 Å². The summed E-state index contributed by atoms with van der Waals surface area (Å²) >= 11 is 0. The second kappa shape index (κ2) is 8.07. The van der Waals surface area contributed by atoms with Crippen molar-refractivity contribution in [1.82, 2.24) is 9.55 Å². The summed E-state index contributed by atoms with van der Waals surface area (Å²) in [6.45, 7) is 2.72. The molecule has 0 radical (unpaired) electrons. The Morgan fingerprint density at radius 1 is 1.33 bits per heavy atom. The van der Waals surface area contributed by atoms with Crippen molar-refractivity contribution >= 4 is 10.1 Å². The van der Waals surface area contributed by atoms with E-state index in [0.29, 0.717) is 0 Å². The second-order valence-corrected chi connectivity index (χ2v) is 8.97. The number of aromatic nitrogens is 2. The molecule has 30 heavy (non-hydrogen) atoms. The molecule has 0 aliphatic heterocycles. The van der Waals surface area contributed by atoms with Crippen molar-refractivity contribution in [3.8, 4) is 0 Å². The van der Waals surface area contributed by atoms with Crippen LogP contribution in [-0.2, 0) is 14.3 Å². The van der Waals surface area contributed by atoms with E-state index in [1.807, 2.05) is 6.92 Å². The Kier molecular flexibility index (Phi) is 5.86. The lowest BCUT2D eigenvalue weighted by atomic mass is 9.97. The summed E-state index contributed by atoms with van der Waals surface area (Å²) in [6.07, 6.45) is 0.186. The van der Waals surface area contributed by atoms with Crippen LogP contribution in [0.15, 0.2) is 50.1 Å². The number of aromatic amines is 1. The van der Waals surface area contributed by atoms with Gasteiger partial charge >= 0.3 is 5.69 Å². The molecular formula is C18H21N5O6S. The summed E-state index contributed by atoms with van der Waals surface area (Å²) in [5.41, 5.74) is 7.28. The van der Waals surface area contributed by atoms with E-state index in [2.05, 4.69) is 15.0 Å². The lowest BCUT2D eigenvalue weighted by molar-refractivity contribution is 0.0502. The van der Waals surface area contributed by atoms with Gasteiger partial charge in [0.1, 0.15) is 5.54 Å². The number of H-pyrrole nitrogens is 1. The monoisotopic (exact) mass is 435 g/mol. The Hall–Kier alpha value is -2.92. The van der Waals surface area contributed by atoms with Crippen molar-refractivity contribution in [2.24, 2.45) is 5.11 Å². The van der Waals surface area contributed by atoms with Gasteiger partial charge in [0.2, 0.25) is 0 Å². The molecule has 0 saturated heterocycles. The molecule has 2 N–H and O–H groups in total. The fourth-order valence-corrected chi connectivity index (χ4v) is 4.49. The lowest BCUT2D eigenvalue weighted by Crippen LogP contribution is -2.45. The highest BCUT2D eigenvalue weighted by molar-refractivity contribution is 7.86. The number of hydrogen-bond donors (Lipinski definition) is 2. The van der Waals surface area contributed by atoms with Crippen LogP contribution in [0.25, 0.3) is 10.4 Å². The molecule has 0 amide bonds.